The number of aliphatic hydroxyl groups excluding tert-OH is 1. The Morgan fingerprint density at radius 3 is 1.95 bits per heavy atom. The van der Waals surface area contributed by atoms with Crippen molar-refractivity contribution in [1.29, 1.82) is 0 Å². The van der Waals surface area contributed by atoms with E-state index in [1.54, 1.807) is 0 Å². The molecule has 3 aromatic rings. The summed E-state index contributed by atoms with van der Waals surface area (Å²) in [5.41, 5.74) is 4.98. The number of hydrogen-bond acceptors (Lipinski definition) is 1. The summed E-state index contributed by atoms with van der Waals surface area (Å²) in [6.45, 7) is 0.171. The van der Waals surface area contributed by atoms with E-state index in [9.17, 15) is 5.11 Å². The lowest BCUT2D eigenvalue weighted by molar-refractivity contribution is 0.299. The normalized spacial score (nSPS) is 11.3. The molecule has 3 rings (SSSR count). The zero-order valence-electron chi connectivity index (χ0n) is 13.1. The van der Waals surface area contributed by atoms with Crippen molar-refractivity contribution in [3.63, 3.8) is 0 Å². The standard InChI is InChI=1S/C19H22N2O/c1-20-12-5-9-17(20)19(18-10-6-13-21(18)2)16-8-4-3-7-15(16)11-14-22/h3-10,12-13,19,22H,11,14H2,1-2H3. The average molecular weight is 294 g/mol. The molecule has 1 aromatic carbocycles. The minimum absolute atomic E-state index is 0.169. The van der Waals surface area contributed by atoms with Gasteiger partial charge in [0.1, 0.15) is 0 Å². The Bertz CT molecular complexity index is 714. The Morgan fingerprint density at radius 1 is 0.864 bits per heavy atom. The van der Waals surface area contributed by atoms with Crippen LogP contribution in [-0.4, -0.2) is 20.8 Å². The smallest absolute Gasteiger partial charge is 0.0647 e. The molecule has 22 heavy (non-hydrogen) atoms. The van der Waals surface area contributed by atoms with E-state index in [1.807, 2.05) is 6.07 Å². The predicted octanol–water partition coefficient (Wildman–Crippen LogP) is 3.08. The number of benzene rings is 1. The summed E-state index contributed by atoms with van der Waals surface area (Å²) in [5, 5.41) is 9.39. The number of rotatable bonds is 5. The van der Waals surface area contributed by atoms with Crippen molar-refractivity contribution in [3.05, 3.63) is 83.4 Å². The van der Waals surface area contributed by atoms with Gasteiger partial charge in [-0.2, -0.15) is 0 Å². The van der Waals surface area contributed by atoms with Crippen LogP contribution in [0.3, 0.4) is 0 Å². The maximum absolute atomic E-state index is 9.39. The molecule has 0 spiro atoms. The fourth-order valence-electron chi connectivity index (χ4n) is 3.18. The van der Waals surface area contributed by atoms with Crippen molar-refractivity contribution in [2.45, 2.75) is 12.3 Å². The average Bonchev–Trinajstić information content (AvgIpc) is 3.12. The highest BCUT2D eigenvalue weighted by atomic mass is 16.2. The third kappa shape index (κ3) is 2.60. The van der Waals surface area contributed by atoms with Gasteiger partial charge in [0.25, 0.3) is 0 Å². The van der Waals surface area contributed by atoms with Crippen LogP contribution in [0.1, 0.15) is 28.4 Å². The van der Waals surface area contributed by atoms with Gasteiger partial charge in [0.05, 0.1) is 5.92 Å². The number of aromatic nitrogens is 2. The highest BCUT2D eigenvalue weighted by Gasteiger charge is 2.23. The Balaban J connectivity index is 2.19. The molecule has 0 amide bonds. The highest BCUT2D eigenvalue weighted by molar-refractivity contribution is 5.43. The molecule has 0 aliphatic heterocycles. The SMILES string of the molecule is Cn1cccc1C(c1ccccc1CCO)c1cccn1C. The predicted molar refractivity (Wildman–Crippen MR) is 89.0 cm³/mol. The third-order valence-electron chi connectivity index (χ3n) is 4.31. The minimum atomic E-state index is 0.169. The zero-order valence-corrected chi connectivity index (χ0v) is 13.1. The van der Waals surface area contributed by atoms with Crippen LogP contribution in [0.25, 0.3) is 0 Å². The van der Waals surface area contributed by atoms with Gasteiger partial charge in [0.15, 0.2) is 0 Å². The number of aliphatic hydroxyl groups is 1. The molecule has 0 bridgehead atoms. The Labute approximate surface area is 131 Å². The van der Waals surface area contributed by atoms with Gasteiger partial charge in [-0.1, -0.05) is 24.3 Å². The fourth-order valence-corrected chi connectivity index (χ4v) is 3.18. The van der Waals surface area contributed by atoms with Gasteiger partial charge >= 0.3 is 0 Å². The van der Waals surface area contributed by atoms with Crippen LogP contribution < -0.4 is 0 Å². The molecule has 0 fully saturated rings. The van der Waals surface area contributed by atoms with Crippen LogP contribution in [-0.2, 0) is 20.5 Å². The van der Waals surface area contributed by atoms with Crippen molar-refractivity contribution >= 4 is 0 Å². The van der Waals surface area contributed by atoms with Crippen molar-refractivity contribution in [2.24, 2.45) is 14.1 Å². The van der Waals surface area contributed by atoms with E-state index in [2.05, 4.69) is 78.1 Å². The molecule has 2 aromatic heterocycles. The molecule has 0 aliphatic rings. The first-order valence-corrected chi connectivity index (χ1v) is 7.63. The first-order valence-electron chi connectivity index (χ1n) is 7.63. The van der Waals surface area contributed by atoms with Gasteiger partial charge in [-0.3, -0.25) is 0 Å². The van der Waals surface area contributed by atoms with Crippen molar-refractivity contribution in [2.75, 3.05) is 6.61 Å². The van der Waals surface area contributed by atoms with E-state index in [0.29, 0.717) is 6.42 Å². The lowest BCUT2D eigenvalue weighted by atomic mass is 9.87. The molecular formula is C19H22N2O. The maximum Gasteiger partial charge on any atom is 0.0647 e. The molecule has 0 atom stereocenters. The summed E-state index contributed by atoms with van der Waals surface area (Å²) >= 11 is 0. The van der Waals surface area contributed by atoms with Crippen molar-refractivity contribution < 1.29 is 5.11 Å². The second-order valence-electron chi connectivity index (χ2n) is 5.69. The fraction of sp³-hybridized carbons (Fsp3) is 0.263. The Hall–Kier alpha value is -2.26. The first-order chi connectivity index (χ1) is 10.7. The van der Waals surface area contributed by atoms with Crippen LogP contribution in [0, 0.1) is 0 Å². The molecular weight excluding hydrogens is 272 g/mol. The first kappa shape index (κ1) is 14.7. The molecule has 0 saturated heterocycles. The van der Waals surface area contributed by atoms with E-state index in [-0.39, 0.29) is 12.5 Å². The summed E-state index contributed by atoms with van der Waals surface area (Å²) in [6.07, 6.45) is 4.85. The van der Waals surface area contributed by atoms with Crippen LogP contribution in [0.15, 0.2) is 60.9 Å². The lowest BCUT2D eigenvalue weighted by Gasteiger charge is -2.22. The van der Waals surface area contributed by atoms with Gasteiger partial charge in [-0.15, -0.1) is 0 Å². The molecule has 114 valence electrons. The molecule has 1 N–H and O–H groups in total. The topological polar surface area (TPSA) is 30.1 Å². The van der Waals surface area contributed by atoms with Crippen molar-refractivity contribution in [3.8, 4) is 0 Å². The largest absolute Gasteiger partial charge is 0.396 e. The lowest BCUT2D eigenvalue weighted by Crippen LogP contribution is -2.13. The third-order valence-corrected chi connectivity index (χ3v) is 4.31. The molecule has 3 heteroatoms. The summed E-state index contributed by atoms with van der Waals surface area (Å²) in [6, 6.07) is 16.9. The second kappa shape index (κ2) is 6.24. The molecule has 0 unspecified atom stereocenters. The van der Waals surface area contributed by atoms with Crippen LogP contribution in [0.5, 0.6) is 0 Å². The highest BCUT2D eigenvalue weighted by Crippen LogP contribution is 2.34. The van der Waals surface area contributed by atoms with Gasteiger partial charge in [0, 0.05) is 44.5 Å². The summed E-state index contributed by atoms with van der Waals surface area (Å²) in [7, 11) is 4.17. The summed E-state index contributed by atoms with van der Waals surface area (Å²) < 4.78 is 4.35. The Kier molecular flexibility index (Phi) is 4.16. The van der Waals surface area contributed by atoms with Gasteiger partial charge in [-0.25, -0.2) is 0 Å². The number of hydrogen-bond donors (Lipinski definition) is 1. The van der Waals surface area contributed by atoms with E-state index >= 15 is 0 Å². The van der Waals surface area contributed by atoms with E-state index in [0.717, 1.165) is 0 Å². The van der Waals surface area contributed by atoms with Gasteiger partial charge < -0.3 is 14.2 Å². The molecule has 0 aliphatic carbocycles. The molecule has 0 saturated carbocycles. The maximum atomic E-state index is 9.39. The molecule has 3 nitrogen and oxygen atoms in total. The quantitative estimate of drug-likeness (QED) is 0.770. The van der Waals surface area contributed by atoms with Gasteiger partial charge in [0.2, 0.25) is 0 Å². The minimum Gasteiger partial charge on any atom is -0.396 e. The van der Waals surface area contributed by atoms with Crippen LogP contribution >= 0.6 is 0 Å². The van der Waals surface area contributed by atoms with E-state index in [1.165, 1.54) is 22.5 Å². The molecule has 0 radical (unpaired) electrons. The van der Waals surface area contributed by atoms with E-state index < -0.39 is 0 Å². The second-order valence-corrected chi connectivity index (χ2v) is 5.69. The summed E-state index contributed by atoms with van der Waals surface area (Å²) in [5.74, 6) is 0.169. The van der Waals surface area contributed by atoms with Crippen molar-refractivity contribution in [1.82, 2.24) is 9.13 Å². The zero-order chi connectivity index (χ0) is 15.5. The summed E-state index contributed by atoms with van der Waals surface area (Å²) in [4.78, 5) is 0. The monoisotopic (exact) mass is 294 g/mol. The van der Waals surface area contributed by atoms with Gasteiger partial charge in [-0.05, 0) is 41.8 Å². The number of nitrogens with zero attached hydrogens (tertiary/aromatic N) is 2. The number of aryl methyl sites for hydroxylation is 2. The van der Waals surface area contributed by atoms with Crippen LogP contribution in [0.4, 0.5) is 0 Å². The Morgan fingerprint density at radius 2 is 1.45 bits per heavy atom. The molecule has 2 heterocycles. The van der Waals surface area contributed by atoms with E-state index in [4.69, 9.17) is 0 Å². The van der Waals surface area contributed by atoms with Crippen LogP contribution in [0.2, 0.25) is 0 Å².